The highest BCUT2D eigenvalue weighted by Crippen LogP contribution is 2.32. The molecule has 0 saturated heterocycles. The quantitative estimate of drug-likeness (QED) is 0.523. The summed E-state index contributed by atoms with van der Waals surface area (Å²) < 4.78 is 11.3. The summed E-state index contributed by atoms with van der Waals surface area (Å²) in [6, 6.07) is 16.2. The van der Waals surface area contributed by atoms with Gasteiger partial charge in [-0.25, -0.2) is 0 Å². The van der Waals surface area contributed by atoms with E-state index < -0.39 is 0 Å². The molecule has 0 heterocycles. The number of unbranched alkanes of at least 4 members (excludes halogenated alkanes) is 1. The van der Waals surface area contributed by atoms with Gasteiger partial charge >= 0.3 is 0 Å². The van der Waals surface area contributed by atoms with Crippen LogP contribution in [0.25, 0.3) is 12.2 Å². The van der Waals surface area contributed by atoms with Crippen molar-refractivity contribution in [2.75, 3.05) is 13.7 Å². The molecule has 0 saturated carbocycles. The standard InChI is InChI=1S/C19H22O2/c1-3-4-15-21-19-17(11-8-12-18(19)20-2)14-13-16-9-6-5-7-10-16/h5-14H,3-4,15H2,1-2H3. The second kappa shape index (κ2) is 8.15. The summed E-state index contributed by atoms with van der Waals surface area (Å²) in [5.74, 6) is 1.60. The van der Waals surface area contributed by atoms with Gasteiger partial charge in [0, 0.05) is 5.56 Å². The first kappa shape index (κ1) is 15.2. The van der Waals surface area contributed by atoms with Gasteiger partial charge in [0.05, 0.1) is 13.7 Å². The molecule has 2 rings (SSSR count). The minimum absolute atomic E-state index is 0.711. The largest absolute Gasteiger partial charge is 0.493 e. The number of hydrogen-bond donors (Lipinski definition) is 0. The summed E-state index contributed by atoms with van der Waals surface area (Å²) in [7, 11) is 1.67. The molecule has 0 aromatic heterocycles. The zero-order valence-corrected chi connectivity index (χ0v) is 12.7. The van der Waals surface area contributed by atoms with Gasteiger partial charge < -0.3 is 9.47 Å². The zero-order valence-electron chi connectivity index (χ0n) is 12.7. The van der Waals surface area contributed by atoms with Gasteiger partial charge in [-0.05, 0) is 18.1 Å². The third-order valence-corrected chi connectivity index (χ3v) is 3.23. The van der Waals surface area contributed by atoms with Crippen molar-refractivity contribution in [2.24, 2.45) is 0 Å². The predicted octanol–water partition coefficient (Wildman–Crippen LogP) is 5.04. The Kier molecular flexibility index (Phi) is 5.89. The minimum Gasteiger partial charge on any atom is -0.493 e. The first-order valence-corrected chi connectivity index (χ1v) is 7.38. The molecule has 110 valence electrons. The number of benzene rings is 2. The molecule has 0 fully saturated rings. The Labute approximate surface area is 127 Å². The van der Waals surface area contributed by atoms with Gasteiger partial charge in [-0.1, -0.05) is 68.0 Å². The fraction of sp³-hybridized carbons (Fsp3) is 0.263. The maximum absolute atomic E-state index is 5.91. The van der Waals surface area contributed by atoms with Crippen molar-refractivity contribution in [3.8, 4) is 11.5 Å². The van der Waals surface area contributed by atoms with Crippen molar-refractivity contribution >= 4 is 12.2 Å². The molecule has 0 aliphatic heterocycles. The van der Waals surface area contributed by atoms with Gasteiger partial charge in [0.1, 0.15) is 0 Å². The molecule has 2 heteroatoms. The number of rotatable bonds is 7. The highest BCUT2D eigenvalue weighted by molar-refractivity contribution is 5.74. The zero-order chi connectivity index (χ0) is 14.9. The Morgan fingerprint density at radius 1 is 0.952 bits per heavy atom. The summed E-state index contributed by atoms with van der Waals surface area (Å²) in [4.78, 5) is 0. The maximum Gasteiger partial charge on any atom is 0.168 e. The SMILES string of the molecule is CCCCOc1c(C=Cc2ccccc2)cccc1OC. The molecule has 0 atom stereocenters. The fourth-order valence-corrected chi connectivity index (χ4v) is 2.05. The lowest BCUT2D eigenvalue weighted by Gasteiger charge is -2.13. The van der Waals surface area contributed by atoms with Gasteiger partial charge in [-0.2, -0.15) is 0 Å². The maximum atomic E-state index is 5.91. The molecule has 0 amide bonds. The van der Waals surface area contributed by atoms with Gasteiger partial charge in [0.2, 0.25) is 0 Å². The highest BCUT2D eigenvalue weighted by atomic mass is 16.5. The predicted molar refractivity (Wildman–Crippen MR) is 88.8 cm³/mol. The Morgan fingerprint density at radius 2 is 1.76 bits per heavy atom. The van der Waals surface area contributed by atoms with E-state index in [0.29, 0.717) is 6.61 Å². The molecule has 0 N–H and O–H groups in total. The minimum atomic E-state index is 0.711. The van der Waals surface area contributed by atoms with Crippen LogP contribution in [0, 0.1) is 0 Å². The van der Waals surface area contributed by atoms with E-state index in [2.05, 4.69) is 31.2 Å². The smallest absolute Gasteiger partial charge is 0.168 e. The van der Waals surface area contributed by atoms with Crippen LogP contribution in [0.1, 0.15) is 30.9 Å². The summed E-state index contributed by atoms with van der Waals surface area (Å²) in [6.45, 7) is 2.87. The molecule has 0 spiro atoms. The summed E-state index contributed by atoms with van der Waals surface area (Å²) in [5, 5.41) is 0. The molecular formula is C19H22O2. The van der Waals surface area contributed by atoms with Crippen LogP contribution >= 0.6 is 0 Å². The molecule has 0 unspecified atom stereocenters. The van der Waals surface area contributed by atoms with E-state index in [-0.39, 0.29) is 0 Å². The van der Waals surface area contributed by atoms with E-state index in [4.69, 9.17) is 9.47 Å². The Morgan fingerprint density at radius 3 is 2.48 bits per heavy atom. The first-order chi connectivity index (χ1) is 10.3. The van der Waals surface area contributed by atoms with Crippen molar-refractivity contribution in [1.29, 1.82) is 0 Å². The Hall–Kier alpha value is -2.22. The van der Waals surface area contributed by atoms with E-state index in [9.17, 15) is 0 Å². The average Bonchev–Trinajstić information content (AvgIpc) is 2.54. The van der Waals surface area contributed by atoms with Gasteiger partial charge in [0.15, 0.2) is 11.5 Å². The van der Waals surface area contributed by atoms with Crippen LogP contribution in [0.15, 0.2) is 48.5 Å². The molecule has 0 bridgehead atoms. The van der Waals surface area contributed by atoms with Crippen molar-refractivity contribution in [3.63, 3.8) is 0 Å². The van der Waals surface area contributed by atoms with Crippen molar-refractivity contribution < 1.29 is 9.47 Å². The lowest BCUT2D eigenvalue weighted by atomic mass is 10.1. The lowest BCUT2D eigenvalue weighted by Crippen LogP contribution is -2.00. The van der Waals surface area contributed by atoms with Crippen LogP contribution in [-0.4, -0.2) is 13.7 Å². The molecule has 2 nitrogen and oxygen atoms in total. The molecular weight excluding hydrogens is 260 g/mol. The van der Waals surface area contributed by atoms with Crippen molar-refractivity contribution in [1.82, 2.24) is 0 Å². The van der Waals surface area contributed by atoms with Gasteiger partial charge in [-0.3, -0.25) is 0 Å². The van der Waals surface area contributed by atoms with Crippen LogP contribution in [0.3, 0.4) is 0 Å². The number of para-hydroxylation sites is 1. The monoisotopic (exact) mass is 282 g/mol. The fourth-order valence-electron chi connectivity index (χ4n) is 2.05. The number of ether oxygens (including phenoxy) is 2. The van der Waals surface area contributed by atoms with Gasteiger partial charge in [-0.15, -0.1) is 0 Å². The van der Waals surface area contributed by atoms with E-state index in [1.54, 1.807) is 7.11 Å². The molecule has 0 aliphatic rings. The van der Waals surface area contributed by atoms with Crippen LogP contribution in [0.2, 0.25) is 0 Å². The van der Waals surface area contributed by atoms with E-state index in [1.807, 2.05) is 36.4 Å². The summed E-state index contributed by atoms with van der Waals surface area (Å²) >= 11 is 0. The van der Waals surface area contributed by atoms with Gasteiger partial charge in [0.25, 0.3) is 0 Å². The summed E-state index contributed by atoms with van der Waals surface area (Å²) in [6.07, 6.45) is 6.31. The second-order valence-corrected chi connectivity index (χ2v) is 4.82. The third kappa shape index (κ3) is 4.38. The Balaban J connectivity index is 2.23. The second-order valence-electron chi connectivity index (χ2n) is 4.82. The van der Waals surface area contributed by atoms with Crippen LogP contribution in [-0.2, 0) is 0 Å². The number of hydrogen-bond acceptors (Lipinski definition) is 2. The number of methoxy groups -OCH3 is 1. The van der Waals surface area contributed by atoms with E-state index >= 15 is 0 Å². The lowest BCUT2D eigenvalue weighted by molar-refractivity contribution is 0.287. The van der Waals surface area contributed by atoms with E-state index in [1.165, 1.54) is 5.56 Å². The first-order valence-electron chi connectivity index (χ1n) is 7.38. The van der Waals surface area contributed by atoms with Crippen molar-refractivity contribution in [3.05, 3.63) is 59.7 Å². The highest BCUT2D eigenvalue weighted by Gasteiger charge is 2.08. The summed E-state index contributed by atoms with van der Waals surface area (Å²) in [5.41, 5.74) is 2.20. The third-order valence-electron chi connectivity index (χ3n) is 3.23. The van der Waals surface area contributed by atoms with Crippen molar-refractivity contribution in [2.45, 2.75) is 19.8 Å². The average molecular weight is 282 g/mol. The molecule has 21 heavy (non-hydrogen) atoms. The van der Waals surface area contributed by atoms with E-state index in [0.717, 1.165) is 29.9 Å². The van der Waals surface area contributed by atoms with Crippen LogP contribution in [0.4, 0.5) is 0 Å². The van der Waals surface area contributed by atoms with Crippen LogP contribution in [0.5, 0.6) is 11.5 Å². The van der Waals surface area contributed by atoms with Crippen LogP contribution < -0.4 is 9.47 Å². The topological polar surface area (TPSA) is 18.5 Å². The molecule has 0 aliphatic carbocycles. The normalized spacial score (nSPS) is 10.8. The molecule has 2 aromatic rings. The Bertz CT molecular complexity index is 573. The molecule has 2 aromatic carbocycles. The molecule has 0 radical (unpaired) electrons.